The van der Waals surface area contributed by atoms with E-state index in [1.54, 1.807) is 0 Å². The van der Waals surface area contributed by atoms with E-state index in [1.807, 2.05) is 0 Å². The molecule has 0 aromatic heterocycles. The molecular weight excluding hydrogens is 591 g/mol. The number of alkyl halides is 1. The third-order valence-electron chi connectivity index (χ3n) is 6.80. The molecule has 0 radical (unpaired) electrons. The summed E-state index contributed by atoms with van der Waals surface area (Å²) >= 11 is 3.47. The van der Waals surface area contributed by atoms with Crippen molar-refractivity contribution in [3.63, 3.8) is 0 Å². The van der Waals surface area contributed by atoms with Gasteiger partial charge in [0.2, 0.25) is 0 Å². The lowest BCUT2D eigenvalue weighted by Gasteiger charge is -2.27. The molecule has 0 unspecified atom stereocenters. The van der Waals surface area contributed by atoms with Crippen molar-refractivity contribution < 1.29 is 21.7 Å². The van der Waals surface area contributed by atoms with Crippen molar-refractivity contribution >= 4 is 39.1 Å². The lowest BCUT2D eigenvalue weighted by atomic mass is 10.1. The molecule has 1 nitrogen and oxygen atoms in total. The third-order valence-corrected chi connectivity index (χ3v) is 11.9. The second-order valence-electron chi connectivity index (χ2n) is 9.38. The summed E-state index contributed by atoms with van der Waals surface area (Å²) in [6.45, 7) is 1.86. The van der Waals surface area contributed by atoms with Crippen LogP contribution in [-0.2, 0) is 4.74 Å². The fourth-order valence-electron chi connectivity index (χ4n) is 4.90. The Morgan fingerprint density at radius 3 is 1.25 bits per heavy atom. The Balaban J connectivity index is 0.00000456. The van der Waals surface area contributed by atoms with Crippen molar-refractivity contribution in [3.05, 3.63) is 91.0 Å². The van der Waals surface area contributed by atoms with Crippen molar-refractivity contribution in [3.8, 4) is 0 Å². The van der Waals surface area contributed by atoms with E-state index >= 15 is 0 Å². The van der Waals surface area contributed by atoms with E-state index in [0.717, 1.165) is 18.5 Å². The van der Waals surface area contributed by atoms with E-state index in [1.165, 1.54) is 86.3 Å². The molecule has 0 aliphatic rings. The van der Waals surface area contributed by atoms with Gasteiger partial charge in [0.25, 0.3) is 0 Å². The average Bonchev–Trinajstić information content (AvgIpc) is 2.93. The third kappa shape index (κ3) is 10.1. The normalized spacial score (nSPS) is 11.2. The van der Waals surface area contributed by atoms with Crippen LogP contribution < -0.4 is 32.9 Å². The molecule has 0 N–H and O–H groups in total. The van der Waals surface area contributed by atoms with Gasteiger partial charge in [-0.15, -0.1) is 0 Å². The number of hydrogen-bond donors (Lipinski definition) is 0. The Bertz CT molecular complexity index is 809. The standard InChI is InChI=1S/C32H43BrOP.BrH/c33-26-16-18-28-34-27-17-5-3-1-2-4-6-19-29-35(30-20-10-7-11-21-30,31-22-12-8-13-23-31)32-24-14-9-15-25-32;/h7-15,20-25H,1-6,16-19,26-29H2;1H/q+1;/p-1. The fraction of sp³-hybridized carbons (Fsp3) is 0.438. The molecule has 3 rings (SSSR count). The van der Waals surface area contributed by atoms with Gasteiger partial charge in [0.1, 0.15) is 23.2 Å². The van der Waals surface area contributed by atoms with Gasteiger partial charge in [-0.05, 0) is 68.5 Å². The largest absolute Gasteiger partial charge is 1.00 e. The van der Waals surface area contributed by atoms with Crippen LogP contribution in [0.4, 0.5) is 0 Å². The molecule has 0 heterocycles. The molecule has 3 aromatic carbocycles. The van der Waals surface area contributed by atoms with E-state index in [0.29, 0.717) is 0 Å². The van der Waals surface area contributed by atoms with Crippen molar-refractivity contribution in [2.75, 3.05) is 24.7 Å². The highest BCUT2D eigenvalue weighted by Gasteiger charge is 2.44. The summed E-state index contributed by atoms with van der Waals surface area (Å²) in [6.07, 6.45) is 14.2. The monoisotopic (exact) mass is 632 g/mol. The van der Waals surface area contributed by atoms with Gasteiger partial charge in [-0.25, -0.2) is 0 Å². The molecular formula is C32H43Br2OP. The van der Waals surface area contributed by atoms with Crippen LogP contribution in [0.1, 0.15) is 64.2 Å². The first kappa shape index (κ1) is 31.2. The molecule has 0 aliphatic carbocycles. The minimum absolute atomic E-state index is 0. The van der Waals surface area contributed by atoms with Gasteiger partial charge in [-0.2, -0.15) is 0 Å². The summed E-state index contributed by atoms with van der Waals surface area (Å²) in [5.74, 6) is 0. The summed E-state index contributed by atoms with van der Waals surface area (Å²) in [7, 11) is -1.65. The topological polar surface area (TPSA) is 9.23 Å². The second kappa shape index (κ2) is 19.1. The lowest BCUT2D eigenvalue weighted by molar-refractivity contribution is -0.00000771. The molecule has 0 atom stereocenters. The first-order valence-corrected chi connectivity index (χ1v) is 16.7. The zero-order chi connectivity index (χ0) is 24.4. The Kier molecular flexibility index (Phi) is 16.6. The summed E-state index contributed by atoms with van der Waals surface area (Å²) in [5, 5.41) is 5.61. The van der Waals surface area contributed by atoms with Crippen LogP contribution in [0.2, 0.25) is 0 Å². The van der Waals surface area contributed by atoms with Crippen molar-refractivity contribution in [1.82, 2.24) is 0 Å². The number of ether oxygens (including phenoxy) is 1. The van der Waals surface area contributed by atoms with Gasteiger partial charge in [0, 0.05) is 18.5 Å². The molecule has 4 heteroatoms. The number of halogens is 2. The first-order chi connectivity index (χ1) is 17.4. The van der Waals surface area contributed by atoms with Gasteiger partial charge >= 0.3 is 0 Å². The van der Waals surface area contributed by atoms with Gasteiger partial charge in [0.15, 0.2) is 0 Å². The van der Waals surface area contributed by atoms with Crippen LogP contribution in [0, 0.1) is 0 Å². The van der Waals surface area contributed by atoms with E-state index in [2.05, 4.69) is 107 Å². The number of hydrogen-bond acceptors (Lipinski definition) is 1. The average molecular weight is 634 g/mol. The van der Waals surface area contributed by atoms with Gasteiger partial charge in [-0.1, -0.05) is 103 Å². The molecule has 0 saturated carbocycles. The highest BCUT2D eigenvalue weighted by molar-refractivity contribution is 9.09. The molecule has 0 fully saturated rings. The maximum Gasteiger partial charge on any atom is 0.112 e. The minimum atomic E-state index is -1.65. The van der Waals surface area contributed by atoms with E-state index in [4.69, 9.17) is 4.74 Å². The molecule has 0 saturated heterocycles. The maximum atomic E-state index is 5.72. The number of unbranched alkanes of at least 4 members (excludes halogenated alkanes) is 8. The molecule has 0 amide bonds. The summed E-state index contributed by atoms with van der Waals surface area (Å²) in [5.41, 5.74) is 0. The van der Waals surface area contributed by atoms with E-state index < -0.39 is 7.26 Å². The quantitative estimate of drug-likeness (QED) is 0.105. The summed E-state index contributed by atoms with van der Waals surface area (Å²) in [4.78, 5) is 0. The Labute approximate surface area is 239 Å². The first-order valence-electron chi connectivity index (χ1n) is 13.6. The predicted octanol–water partition coefficient (Wildman–Crippen LogP) is 5.30. The predicted molar refractivity (Wildman–Crippen MR) is 161 cm³/mol. The van der Waals surface area contributed by atoms with Crippen LogP contribution >= 0.6 is 23.2 Å². The molecule has 0 spiro atoms. The van der Waals surface area contributed by atoms with Crippen molar-refractivity contribution in [2.45, 2.75) is 64.2 Å². The van der Waals surface area contributed by atoms with E-state index in [9.17, 15) is 0 Å². The van der Waals surface area contributed by atoms with Crippen molar-refractivity contribution in [1.29, 1.82) is 0 Å². The fourth-order valence-corrected chi connectivity index (χ4v) is 9.70. The van der Waals surface area contributed by atoms with Crippen LogP contribution in [-0.4, -0.2) is 24.7 Å². The van der Waals surface area contributed by atoms with Gasteiger partial charge in [-0.3, -0.25) is 0 Å². The molecule has 0 aliphatic heterocycles. The van der Waals surface area contributed by atoms with Crippen LogP contribution in [0.15, 0.2) is 91.0 Å². The number of benzene rings is 3. The summed E-state index contributed by atoms with van der Waals surface area (Å²) in [6, 6.07) is 33.9. The number of rotatable bonds is 18. The molecule has 0 bridgehead atoms. The molecule has 36 heavy (non-hydrogen) atoms. The Hall–Kier alpha value is -0.990. The minimum Gasteiger partial charge on any atom is -1.00 e. The van der Waals surface area contributed by atoms with Gasteiger partial charge in [0.05, 0.1) is 6.16 Å². The zero-order valence-electron chi connectivity index (χ0n) is 21.7. The maximum absolute atomic E-state index is 5.72. The highest BCUT2D eigenvalue weighted by Crippen LogP contribution is 2.55. The molecule has 3 aromatic rings. The van der Waals surface area contributed by atoms with E-state index in [-0.39, 0.29) is 17.0 Å². The van der Waals surface area contributed by atoms with Crippen LogP contribution in [0.5, 0.6) is 0 Å². The molecule has 196 valence electrons. The lowest BCUT2D eigenvalue weighted by Crippen LogP contribution is -3.00. The SMILES string of the molecule is BrCCCCOCCCCCCCCCC[P+](c1ccccc1)(c1ccccc1)c1ccccc1.[Br-]. The van der Waals surface area contributed by atoms with Crippen LogP contribution in [0.25, 0.3) is 0 Å². The second-order valence-corrected chi connectivity index (χ2v) is 13.8. The smallest absolute Gasteiger partial charge is 0.112 e. The van der Waals surface area contributed by atoms with Crippen molar-refractivity contribution in [2.24, 2.45) is 0 Å². The van der Waals surface area contributed by atoms with Crippen LogP contribution in [0.3, 0.4) is 0 Å². The Morgan fingerprint density at radius 2 is 0.833 bits per heavy atom. The highest BCUT2D eigenvalue weighted by atomic mass is 79.9. The Morgan fingerprint density at radius 1 is 0.472 bits per heavy atom. The zero-order valence-corrected chi connectivity index (χ0v) is 25.7. The van der Waals surface area contributed by atoms with Gasteiger partial charge < -0.3 is 21.7 Å². The summed E-state index contributed by atoms with van der Waals surface area (Å²) < 4.78 is 5.72.